The highest BCUT2D eigenvalue weighted by Gasteiger charge is 2.37. The molecule has 0 unspecified atom stereocenters. The maximum absolute atomic E-state index is 13.0. The van der Waals surface area contributed by atoms with E-state index in [1.165, 1.54) is 17.0 Å². The Labute approximate surface area is 118 Å². The van der Waals surface area contributed by atoms with Crippen molar-refractivity contribution >= 4 is 6.09 Å². The van der Waals surface area contributed by atoms with Crippen molar-refractivity contribution in [2.75, 3.05) is 13.1 Å². The molecular weight excluding hydrogens is 259 g/mol. The van der Waals surface area contributed by atoms with E-state index in [1.807, 2.05) is 0 Å². The van der Waals surface area contributed by atoms with Crippen molar-refractivity contribution in [1.82, 2.24) is 10.2 Å². The van der Waals surface area contributed by atoms with E-state index in [4.69, 9.17) is 0 Å². The lowest BCUT2D eigenvalue weighted by Crippen LogP contribution is -2.47. The highest BCUT2D eigenvalue weighted by Crippen LogP contribution is 2.29. The lowest BCUT2D eigenvalue weighted by molar-refractivity contribution is 0.153. The van der Waals surface area contributed by atoms with E-state index >= 15 is 0 Å². The fourth-order valence-corrected chi connectivity index (χ4v) is 2.71. The minimum Gasteiger partial charge on any atom is -0.465 e. The van der Waals surface area contributed by atoms with Crippen LogP contribution in [0.4, 0.5) is 9.18 Å². The van der Waals surface area contributed by atoms with Crippen LogP contribution in [0, 0.1) is 5.82 Å². The minimum absolute atomic E-state index is 0.0385. The topological polar surface area (TPSA) is 52.6 Å². The van der Waals surface area contributed by atoms with Crippen LogP contribution in [0.15, 0.2) is 24.3 Å². The molecule has 0 aliphatic carbocycles. The number of rotatable bonds is 2. The minimum atomic E-state index is -0.907. The summed E-state index contributed by atoms with van der Waals surface area (Å²) < 4.78 is 13.0. The third-order valence-corrected chi connectivity index (χ3v) is 3.51. The molecule has 0 radical (unpaired) electrons. The summed E-state index contributed by atoms with van der Waals surface area (Å²) in [5, 5.41) is 12.6. The van der Waals surface area contributed by atoms with Crippen LogP contribution in [0.3, 0.4) is 0 Å². The van der Waals surface area contributed by atoms with Gasteiger partial charge < -0.3 is 15.3 Å². The molecule has 110 valence electrons. The van der Waals surface area contributed by atoms with Crippen molar-refractivity contribution in [3.05, 3.63) is 35.6 Å². The number of halogens is 1. The van der Waals surface area contributed by atoms with Crippen molar-refractivity contribution in [1.29, 1.82) is 0 Å². The average molecular weight is 280 g/mol. The van der Waals surface area contributed by atoms with E-state index in [2.05, 4.69) is 26.1 Å². The first-order valence-electron chi connectivity index (χ1n) is 6.77. The van der Waals surface area contributed by atoms with Gasteiger partial charge >= 0.3 is 6.09 Å². The second-order valence-corrected chi connectivity index (χ2v) is 6.35. The number of hydrogen-bond acceptors (Lipinski definition) is 2. The van der Waals surface area contributed by atoms with E-state index in [0.29, 0.717) is 13.1 Å². The zero-order chi connectivity index (χ0) is 14.9. The first kappa shape index (κ1) is 14.8. The van der Waals surface area contributed by atoms with Gasteiger partial charge in [-0.05, 0) is 38.5 Å². The summed E-state index contributed by atoms with van der Waals surface area (Å²) in [4.78, 5) is 12.6. The van der Waals surface area contributed by atoms with Gasteiger partial charge in [0.25, 0.3) is 0 Å². The third kappa shape index (κ3) is 3.48. The molecule has 0 spiro atoms. The van der Waals surface area contributed by atoms with Crippen molar-refractivity contribution in [3.63, 3.8) is 0 Å². The smallest absolute Gasteiger partial charge is 0.407 e. The molecule has 4 nitrogen and oxygen atoms in total. The van der Waals surface area contributed by atoms with E-state index < -0.39 is 6.09 Å². The van der Waals surface area contributed by atoms with E-state index in [-0.39, 0.29) is 23.3 Å². The molecule has 1 aromatic carbocycles. The molecule has 1 aliphatic rings. The maximum Gasteiger partial charge on any atom is 0.407 e. The molecule has 0 saturated carbocycles. The van der Waals surface area contributed by atoms with E-state index in [0.717, 1.165) is 5.56 Å². The van der Waals surface area contributed by atoms with Gasteiger partial charge in [-0.15, -0.1) is 0 Å². The largest absolute Gasteiger partial charge is 0.465 e. The quantitative estimate of drug-likeness (QED) is 0.875. The lowest BCUT2D eigenvalue weighted by Gasteiger charge is -2.29. The predicted molar refractivity (Wildman–Crippen MR) is 75.4 cm³/mol. The summed E-state index contributed by atoms with van der Waals surface area (Å²) in [5.74, 6) is -0.229. The van der Waals surface area contributed by atoms with Crippen LogP contribution in [0.25, 0.3) is 0 Å². The summed E-state index contributed by atoms with van der Waals surface area (Å²) >= 11 is 0. The molecule has 2 rings (SSSR count). The zero-order valence-corrected chi connectivity index (χ0v) is 12.1. The van der Waals surface area contributed by atoms with Gasteiger partial charge in [0.05, 0.1) is 0 Å². The summed E-state index contributed by atoms with van der Waals surface area (Å²) in [7, 11) is 0. The number of amides is 1. The summed E-state index contributed by atoms with van der Waals surface area (Å²) in [6.45, 7) is 7.05. The van der Waals surface area contributed by atoms with E-state index in [1.54, 1.807) is 12.1 Å². The predicted octanol–water partition coefficient (Wildman–Crippen LogP) is 2.66. The maximum atomic E-state index is 13.0. The Hall–Kier alpha value is -1.62. The summed E-state index contributed by atoms with van der Waals surface area (Å²) in [6, 6.07) is 6.36. The van der Waals surface area contributed by atoms with Crippen LogP contribution in [0.1, 0.15) is 32.3 Å². The SMILES string of the molecule is CC(C)(C)N[C@H]1CN(C(=O)O)C[C@@H]1c1ccc(F)cc1. The van der Waals surface area contributed by atoms with Crippen molar-refractivity contribution in [3.8, 4) is 0 Å². The zero-order valence-electron chi connectivity index (χ0n) is 12.1. The van der Waals surface area contributed by atoms with Crippen LogP contribution in [0.2, 0.25) is 0 Å². The summed E-state index contributed by atoms with van der Waals surface area (Å²) in [5.41, 5.74) is 0.870. The first-order chi connectivity index (χ1) is 9.26. The molecule has 20 heavy (non-hydrogen) atoms. The molecular formula is C15H21FN2O2. The Bertz CT molecular complexity index is 482. The fourth-order valence-electron chi connectivity index (χ4n) is 2.71. The lowest BCUT2D eigenvalue weighted by atomic mass is 9.92. The Morgan fingerprint density at radius 3 is 2.40 bits per heavy atom. The van der Waals surface area contributed by atoms with Gasteiger partial charge in [0.2, 0.25) is 0 Å². The number of carboxylic acid groups (broad SMARTS) is 1. The Balaban J connectivity index is 2.22. The Kier molecular flexibility index (Phi) is 3.99. The molecule has 1 amide bonds. The number of nitrogens with one attached hydrogen (secondary N) is 1. The van der Waals surface area contributed by atoms with E-state index in [9.17, 15) is 14.3 Å². The average Bonchev–Trinajstić information content (AvgIpc) is 2.72. The standard InChI is InChI=1S/C15H21FN2O2/c1-15(2,3)17-13-9-18(14(19)20)8-12(13)10-4-6-11(16)7-5-10/h4-7,12-13,17H,8-9H2,1-3H3,(H,19,20)/t12-,13+/m1/s1. The fraction of sp³-hybridized carbons (Fsp3) is 0.533. The van der Waals surface area contributed by atoms with Gasteiger partial charge in [0, 0.05) is 30.6 Å². The Morgan fingerprint density at radius 1 is 1.30 bits per heavy atom. The van der Waals surface area contributed by atoms with Gasteiger partial charge in [0.1, 0.15) is 5.82 Å². The molecule has 1 fully saturated rings. The van der Waals surface area contributed by atoms with Gasteiger partial charge in [-0.3, -0.25) is 0 Å². The number of carbonyl (C=O) groups is 1. The second-order valence-electron chi connectivity index (χ2n) is 6.35. The van der Waals surface area contributed by atoms with Crippen LogP contribution in [-0.2, 0) is 0 Å². The monoisotopic (exact) mass is 280 g/mol. The van der Waals surface area contributed by atoms with Crippen molar-refractivity contribution < 1.29 is 14.3 Å². The molecule has 0 aromatic heterocycles. The molecule has 0 bridgehead atoms. The Morgan fingerprint density at radius 2 is 1.90 bits per heavy atom. The molecule has 5 heteroatoms. The third-order valence-electron chi connectivity index (χ3n) is 3.51. The van der Waals surface area contributed by atoms with Crippen LogP contribution >= 0.6 is 0 Å². The van der Waals surface area contributed by atoms with Gasteiger partial charge in [-0.25, -0.2) is 9.18 Å². The van der Waals surface area contributed by atoms with Gasteiger partial charge in [-0.2, -0.15) is 0 Å². The molecule has 2 N–H and O–H groups in total. The number of benzene rings is 1. The van der Waals surface area contributed by atoms with Crippen LogP contribution < -0.4 is 5.32 Å². The highest BCUT2D eigenvalue weighted by molar-refractivity contribution is 5.65. The highest BCUT2D eigenvalue weighted by atomic mass is 19.1. The van der Waals surface area contributed by atoms with Crippen LogP contribution in [0.5, 0.6) is 0 Å². The number of likely N-dealkylation sites (tertiary alicyclic amines) is 1. The molecule has 1 aromatic rings. The molecule has 1 heterocycles. The van der Waals surface area contributed by atoms with Gasteiger partial charge in [-0.1, -0.05) is 12.1 Å². The van der Waals surface area contributed by atoms with Crippen molar-refractivity contribution in [2.24, 2.45) is 0 Å². The second kappa shape index (κ2) is 5.40. The van der Waals surface area contributed by atoms with Crippen molar-refractivity contribution in [2.45, 2.75) is 38.3 Å². The molecule has 2 atom stereocenters. The molecule has 1 saturated heterocycles. The number of hydrogen-bond donors (Lipinski definition) is 2. The summed E-state index contributed by atoms with van der Waals surface area (Å²) in [6.07, 6.45) is -0.907. The van der Waals surface area contributed by atoms with Crippen LogP contribution in [-0.4, -0.2) is 40.8 Å². The normalized spacial score (nSPS) is 23.1. The number of nitrogens with zero attached hydrogens (tertiary/aromatic N) is 1. The molecule has 1 aliphatic heterocycles. The first-order valence-corrected chi connectivity index (χ1v) is 6.77. The van der Waals surface area contributed by atoms with Gasteiger partial charge in [0.15, 0.2) is 0 Å².